The predicted molar refractivity (Wildman–Crippen MR) is 73.8 cm³/mol. The summed E-state index contributed by atoms with van der Waals surface area (Å²) in [4.78, 5) is 19.3. The van der Waals surface area contributed by atoms with Crippen LogP contribution in [0.5, 0.6) is 0 Å². The number of nitrogens with zero attached hydrogens (tertiary/aromatic N) is 2. The van der Waals surface area contributed by atoms with Gasteiger partial charge in [-0.25, -0.2) is 4.98 Å². The Balaban J connectivity index is 2.09. The van der Waals surface area contributed by atoms with Crippen LogP contribution in [0.2, 0.25) is 0 Å². The lowest BCUT2D eigenvalue weighted by Gasteiger charge is -2.15. The lowest BCUT2D eigenvalue weighted by molar-refractivity contribution is 0.0784. The van der Waals surface area contributed by atoms with Crippen molar-refractivity contribution < 1.29 is 4.79 Å². The van der Waals surface area contributed by atoms with Crippen molar-refractivity contribution in [3.05, 3.63) is 51.5 Å². The normalized spacial score (nSPS) is 10.4. The van der Waals surface area contributed by atoms with Crippen molar-refractivity contribution in [2.45, 2.75) is 20.4 Å². The van der Waals surface area contributed by atoms with Crippen molar-refractivity contribution in [3.63, 3.8) is 0 Å². The van der Waals surface area contributed by atoms with Crippen LogP contribution in [-0.2, 0) is 6.54 Å². The summed E-state index contributed by atoms with van der Waals surface area (Å²) in [7, 11) is 1.81. The van der Waals surface area contributed by atoms with E-state index < -0.39 is 0 Å². The zero-order chi connectivity index (χ0) is 13.1. The second-order valence-corrected chi connectivity index (χ2v) is 5.51. The Morgan fingerprint density at radius 1 is 1.28 bits per heavy atom. The van der Waals surface area contributed by atoms with Gasteiger partial charge in [-0.15, -0.1) is 11.3 Å². The van der Waals surface area contributed by atoms with Crippen LogP contribution in [0.1, 0.15) is 25.9 Å². The molecular formula is C14H16N2OS. The monoisotopic (exact) mass is 260 g/mol. The number of rotatable bonds is 3. The molecule has 4 heteroatoms. The molecule has 0 atom stereocenters. The van der Waals surface area contributed by atoms with Crippen LogP contribution in [0, 0.1) is 13.8 Å². The highest BCUT2D eigenvalue weighted by Gasteiger charge is 2.16. The quantitative estimate of drug-likeness (QED) is 0.850. The Bertz CT molecular complexity index is 529. The second-order valence-electron chi connectivity index (χ2n) is 4.31. The molecule has 0 aliphatic rings. The molecule has 1 heterocycles. The van der Waals surface area contributed by atoms with Gasteiger partial charge in [0.2, 0.25) is 0 Å². The van der Waals surface area contributed by atoms with E-state index in [0.717, 1.165) is 16.1 Å². The number of aryl methyl sites for hydroxylation is 2. The summed E-state index contributed by atoms with van der Waals surface area (Å²) in [5, 5.41) is 0.573. The average Bonchev–Trinajstić information content (AvgIpc) is 2.70. The predicted octanol–water partition coefficient (Wildman–Crippen LogP) is 3.03. The Labute approximate surface area is 111 Å². The minimum absolute atomic E-state index is 0.0138. The van der Waals surface area contributed by atoms with Gasteiger partial charge in [0.25, 0.3) is 5.91 Å². The first-order valence-corrected chi connectivity index (χ1v) is 6.63. The van der Waals surface area contributed by atoms with Gasteiger partial charge in [0.05, 0.1) is 5.69 Å². The molecule has 18 heavy (non-hydrogen) atoms. The smallest absolute Gasteiger partial charge is 0.282 e. The van der Waals surface area contributed by atoms with E-state index in [1.54, 1.807) is 11.9 Å². The van der Waals surface area contributed by atoms with Gasteiger partial charge < -0.3 is 4.90 Å². The van der Waals surface area contributed by atoms with Crippen LogP contribution in [-0.4, -0.2) is 22.8 Å². The van der Waals surface area contributed by atoms with Crippen molar-refractivity contribution >= 4 is 17.2 Å². The minimum atomic E-state index is -0.0138. The van der Waals surface area contributed by atoms with Gasteiger partial charge in [0, 0.05) is 18.5 Å². The van der Waals surface area contributed by atoms with Crippen molar-refractivity contribution in [3.8, 4) is 0 Å². The number of aromatic nitrogens is 1. The van der Waals surface area contributed by atoms with Gasteiger partial charge in [-0.3, -0.25) is 4.79 Å². The lowest BCUT2D eigenvalue weighted by Crippen LogP contribution is -2.26. The van der Waals surface area contributed by atoms with Crippen LogP contribution in [0.3, 0.4) is 0 Å². The summed E-state index contributed by atoms with van der Waals surface area (Å²) >= 11 is 1.46. The van der Waals surface area contributed by atoms with E-state index in [0.29, 0.717) is 11.6 Å². The molecule has 0 saturated carbocycles. The highest BCUT2D eigenvalue weighted by Crippen LogP contribution is 2.18. The minimum Gasteiger partial charge on any atom is -0.335 e. The van der Waals surface area contributed by atoms with Gasteiger partial charge in [-0.1, -0.05) is 30.3 Å². The number of carbonyl (C=O) groups is 1. The fraction of sp³-hybridized carbons (Fsp3) is 0.286. The zero-order valence-electron chi connectivity index (χ0n) is 10.8. The molecule has 0 spiro atoms. The van der Waals surface area contributed by atoms with Gasteiger partial charge in [-0.05, 0) is 19.4 Å². The van der Waals surface area contributed by atoms with Gasteiger partial charge in [0.1, 0.15) is 0 Å². The summed E-state index contributed by atoms with van der Waals surface area (Å²) in [6.45, 7) is 4.53. The molecule has 0 bridgehead atoms. The molecule has 0 radical (unpaired) electrons. The molecule has 0 N–H and O–H groups in total. The largest absolute Gasteiger partial charge is 0.335 e. The van der Waals surface area contributed by atoms with E-state index in [1.165, 1.54) is 11.3 Å². The first-order valence-electron chi connectivity index (χ1n) is 5.81. The molecule has 1 aromatic carbocycles. The Hall–Kier alpha value is -1.68. The molecule has 0 unspecified atom stereocenters. The molecule has 2 rings (SSSR count). The number of carbonyl (C=O) groups excluding carboxylic acids is 1. The van der Waals surface area contributed by atoms with E-state index in [2.05, 4.69) is 4.98 Å². The van der Waals surface area contributed by atoms with E-state index >= 15 is 0 Å². The van der Waals surface area contributed by atoms with Gasteiger partial charge in [0.15, 0.2) is 5.01 Å². The van der Waals surface area contributed by atoms with Crippen LogP contribution >= 0.6 is 11.3 Å². The Morgan fingerprint density at radius 2 is 1.94 bits per heavy atom. The number of amides is 1. The molecular weight excluding hydrogens is 244 g/mol. The number of benzene rings is 1. The fourth-order valence-electron chi connectivity index (χ4n) is 1.66. The summed E-state index contributed by atoms with van der Waals surface area (Å²) in [6, 6.07) is 9.96. The molecule has 1 aromatic heterocycles. The molecule has 0 aliphatic carbocycles. The third-order valence-electron chi connectivity index (χ3n) is 2.82. The zero-order valence-corrected chi connectivity index (χ0v) is 11.6. The number of thiazole rings is 1. The standard InChI is InChI=1S/C14H16N2OS/c1-10-11(2)18-13(15-10)14(17)16(3)9-12-7-5-4-6-8-12/h4-8H,9H2,1-3H3. The molecule has 3 nitrogen and oxygen atoms in total. The molecule has 0 aliphatic heterocycles. The molecule has 0 saturated heterocycles. The van der Waals surface area contributed by atoms with Crippen LogP contribution < -0.4 is 0 Å². The van der Waals surface area contributed by atoms with Crippen LogP contribution in [0.15, 0.2) is 30.3 Å². The Morgan fingerprint density at radius 3 is 2.50 bits per heavy atom. The number of hydrogen-bond donors (Lipinski definition) is 0. The van der Waals surface area contributed by atoms with Crippen molar-refractivity contribution in [1.82, 2.24) is 9.88 Å². The van der Waals surface area contributed by atoms with E-state index in [1.807, 2.05) is 44.2 Å². The highest BCUT2D eigenvalue weighted by molar-refractivity contribution is 7.13. The summed E-state index contributed by atoms with van der Waals surface area (Å²) < 4.78 is 0. The fourth-order valence-corrected chi connectivity index (χ4v) is 2.57. The van der Waals surface area contributed by atoms with Crippen molar-refractivity contribution in [2.75, 3.05) is 7.05 Å². The van der Waals surface area contributed by atoms with Crippen LogP contribution in [0.25, 0.3) is 0 Å². The maximum atomic E-state index is 12.2. The maximum absolute atomic E-state index is 12.2. The first-order chi connectivity index (χ1) is 8.58. The molecule has 1 amide bonds. The van der Waals surface area contributed by atoms with E-state index in [4.69, 9.17) is 0 Å². The van der Waals surface area contributed by atoms with Crippen LogP contribution in [0.4, 0.5) is 0 Å². The highest BCUT2D eigenvalue weighted by atomic mass is 32.1. The summed E-state index contributed by atoms with van der Waals surface area (Å²) in [6.07, 6.45) is 0. The number of hydrogen-bond acceptors (Lipinski definition) is 3. The average molecular weight is 260 g/mol. The van der Waals surface area contributed by atoms with E-state index in [-0.39, 0.29) is 5.91 Å². The molecule has 0 fully saturated rings. The summed E-state index contributed by atoms with van der Waals surface area (Å²) in [5.41, 5.74) is 2.06. The van der Waals surface area contributed by atoms with Crippen molar-refractivity contribution in [1.29, 1.82) is 0 Å². The van der Waals surface area contributed by atoms with Gasteiger partial charge in [-0.2, -0.15) is 0 Å². The third kappa shape index (κ3) is 2.76. The van der Waals surface area contributed by atoms with E-state index in [9.17, 15) is 4.79 Å². The molecule has 2 aromatic rings. The maximum Gasteiger partial charge on any atom is 0.282 e. The third-order valence-corrected chi connectivity index (χ3v) is 3.88. The van der Waals surface area contributed by atoms with Gasteiger partial charge >= 0.3 is 0 Å². The van der Waals surface area contributed by atoms with Crippen molar-refractivity contribution in [2.24, 2.45) is 0 Å². The SMILES string of the molecule is Cc1nc(C(=O)N(C)Cc2ccccc2)sc1C. The lowest BCUT2D eigenvalue weighted by atomic mass is 10.2. The first kappa shape index (κ1) is 12.8. The summed E-state index contributed by atoms with van der Waals surface area (Å²) in [5.74, 6) is -0.0138. The second kappa shape index (κ2) is 5.31. The Kier molecular flexibility index (Phi) is 3.77. The molecule has 94 valence electrons. The topological polar surface area (TPSA) is 33.2 Å².